The van der Waals surface area contributed by atoms with Crippen molar-refractivity contribution < 1.29 is 24.2 Å². The summed E-state index contributed by atoms with van der Waals surface area (Å²) in [5, 5.41) is 12.6. The number of carbonyl (C=O) groups is 2. The first-order valence-electron chi connectivity index (χ1n) is 10.6. The molecule has 166 valence electrons. The molecule has 2 heterocycles. The van der Waals surface area contributed by atoms with Gasteiger partial charge in [-0.05, 0) is 59.2 Å². The van der Waals surface area contributed by atoms with Gasteiger partial charge in [-0.25, -0.2) is 4.79 Å². The quantitative estimate of drug-likeness (QED) is 0.762. The number of carboxylic acid groups (broad SMARTS) is 1. The second-order valence-corrected chi connectivity index (χ2v) is 9.10. The van der Waals surface area contributed by atoms with Crippen LogP contribution in [0.2, 0.25) is 0 Å². The van der Waals surface area contributed by atoms with Gasteiger partial charge >= 0.3 is 6.09 Å². The maximum absolute atomic E-state index is 12.8. The van der Waals surface area contributed by atoms with Crippen molar-refractivity contribution in [1.82, 2.24) is 15.1 Å². The Balaban J connectivity index is 1.53. The lowest BCUT2D eigenvalue weighted by Gasteiger charge is -2.39. The van der Waals surface area contributed by atoms with Crippen molar-refractivity contribution in [3.8, 4) is 11.5 Å². The Morgan fingerprint density at radius 1 is 1.30 bits per heavy atom. The first-order chi connectivity index (χ1) is 14.1. The van der Waals surface area contributed by atoms with E-state index in [1.54, 1.807) is 27.7 Å². The number of nitrogens with zero attached hydrogens (tertiary/aromatic N) is 2. The van der Waals surface area contributed by atoms with Gasteiger partial charge in [-0.3, -0.25) is 14.6 Å². The number of rotatable bonds is 5. The number of amides is 2. The average molecular weight is 420 g/mol. The number of benzene rings is 1. The summed E-state index contributed by atoms with van der Waals surface area (Å²) in [6.07, 6.45) is 0.690. The zero-order chi connectivity index (χ0) is 21.9. The van der Waals surface area contributed by atoms with Gasteiger partial charge in [-0.2, -0.15) is 0 Å². The number of fused-ring (bicyclic) bond motifs is 1. The lowest BCUT2D eigenvalue weighted by molar-refractivity contribution is -0.128. The number of carbonyl (C=O) groups excluding carboxylic acids is 1. The van der Waals surface area contributed by atoms with Crippen LogP contribution in [-0.4, -0.2) is 76.9 Å². The van der Waals surface area contributed by atoms with E-state index >= 15 is 0 Å². The van der Waals surface area contributed by atoms with E-state index in [0.29, 0.717) is 13.2 Å². The van der Waals surface area contributed by atoms with E-state index < -0.39 is 17.7 Å². The van der Waals surface area contributed by atoms with Crippen LogP contribution >= 0.6 is 0 Å². The Morgan fingerprint density at radius 2 is 2.00 bits per heavy atom. The monoisotopic (exact) mass is 419 g/mol. The Bertz CT molecular complexity index is 763. The maximum Gasteiger partial charge on any atom is 0.408 e. The molecular formula is C22H33N3O5. The van der Waals surface area contributed by atoms with Crippen LogP contribution in [0.4, 0.5) is 4.79 Å². The normalized spacial score (nSPS) is 22.8. The van der Waals surface area contributed by atoms with Crippen molar-refractivity contribution in [3.63, 3.8) is 0 Å². The number of ether oxygens (including phenoxy) is 2. The summed E-state index contributed by atoms with van der Waals surface area (Å²) in [4.78, 5) is 27.9. The first kappa shape index (κ1) is 22.2. The van der Waals surface area contributed by atoms with Crippen LogP contribution < -0.4 is 14.8 Å². The fraction of sp³-hybridized carbons (Fsp3) is 0.636. The number of piperidine rings is 1. The van der Waals surface area contributed by atoms with E-state index in [1.165, 1.54) is 4.90 Å². The molecule has 0 saturated carbocycles. The molecule has 1 aromatic rings. The van der Waals surface area contributed by atoms with Crippen molar-refractivity contribution in [2.45, 2.75) is 64.3 Å². The van der Waals surface area contributed by atoms with Crippen molar-refractivity contribution in [1.29, 1.82) is 0 Å². The summed E-state index contributed by atoms with van der Waals surface area (Å²) < 4.78 is 11.9. The highest BCUT2D eigenvalue weighted by Crippen LogP contribution is 2.31. The molecule has 2 N–H and O–H groups in total. The minimum atomic E-state index is -1.09. The molecule has 8 nitrogen and oxygen atoms in total. The number of likely N-dealkylation sites (tertiary alicyclic amines) is 1. The summed E-state index contributed by atoms with van der Waals surface area (Å²) in [7, 11) is 0. The molecule has 0 bridgehead atoms. The topological polar surface area (TPSA) is 91.3 Å². The summed E-state index contributed by atoms with van der Waals surface area (Å²) >= 11 is 0. The molecule has 1 fully saturated rings. The van der Waals surface area contributed by atoms with Crippen LogP contribution in [0.25, 0.3) is 0 Å². The van der Waals surface area contributed by atoms with E-state index in [2.05, 4.69) is 10.2 Å². The highest BCUT2D eigenvalue weighted by atomic mass is 16.6. The SMILES string of the molecule is C[C@@H](C(=O)N[C@H]1CCCN(C[C@H]2COc3ccccc3O2)C1)N(C(=O)O)C(C)(C)C. The molecule has 0 aromatic heterocycles. The maximum atomic E-state index is 12.8. The molecule has 0 unspecified atom stereocenters. The Labute approximate surface area is 178 Å². The lowest BCUT2D eigenvalue weighted by Crippen LogP contribution is -2.58. The molecule has 3 rings (SSSR count). The summed E-state index contributed by atoms with van der Waals surface area (Å²) in [5.41, 5.74) is -0.657. The fourth-order valence-electron chi connectivity index (χ4n) is 4.25. The smallest absolute Gasteiger partial charge is 0.408 e. The van der Waals surface area contributed by atoms with Gasteiger partial charge in [0.05, 0.1) is 0 Å². The predicted octanol–water partition coefficient (Wildman–Crippen LogP) is 2.57. The minimum Gasteiger partial charge on any atom is -0.486 e. The van der Waals surface area contributed by atoms with Crippen LogP contribution in [0, 0.1) is 0 Å². The van der Waals surface area contributed by atoms with Gasteiger partial charge in [0.15, 0.2) is 11.5 Å². The van der Waals surface area contributed by atoms with Gasteiger partial charge in [0, 0.05) is 24.7 Å². The van der Waals surface area contributed by atoms with Gasteiger partial charge in [0.25, 0.3) is 0 Å². The highest BCUT2D eigenvalue weighted by Gasteiger charge is 2.36. The van der Waals surface area contributed by atoms with E-state index in [4.69, 9.17) is 9.47 Å². The standard InChI is InChI=1S/C22H33N3O5/c1-15(25(21(27)28)22(2,3)4)20(26)23-16-8-7-11-24(12-16)13-17-14-29-18-9-5-6-10-19(18)30-17/h5-6,9-10,15-17H,7-8,11-14H2,1-4H3,(H,23,26)(H,27,28)/t15-,16-,17-/m0/s1. The zero-order valence-corrected chi connectivity index (χ0v) is 18.3. The van der Waals surface area contributed by atoms with E-state index in [9.17, 15) is 14.7 Å². The Morgan fingerprint density at radius 3 is 2.67 bits per heavy atom. The Hall–Kier alpha value is -2.48. The predicted molar refractivity (Wildman–Crippen MR) is 113 cm³/mol. The second-order valence-electron chi connectivity index (χ2n) is 9.10. The molecular weight excluding hydrogens is 386 g/mol. The molecule has 2 amide bonds. The number of nitrogens with one attached hydrogen (secondary N) is 1. The minimum absolute atomic E-state index is 0.0129. The van der Waals surface area contributed by atoms with Crippen molar-refractivity contribution in [2.24, 2.45) is 0 Å². The number of para-hydroxylation sites is 2. The van der Waals surface area contributed by atoms with Crippen LogP contribution in [0.5, 0.6) is 11.5 Å². The molecule has 1 aromatic carbocycles. The summed E-state index contributed by atoms with van der Waals surface area (Å²) in [5.74, 6) is 1.28. The Kier molecular flexibility index (Phi) is 6.75. The number of hydrogen-bond acceptors (Lipinski definition) is 5. The summed E-state index contributed by atoms with van der Waals surface area (Å²) in [6.45, 7) is 9.88. The lowest BCUT2D eigenvalue weighted by atomic mass is 10.0. The van der Waals surface area contributed by atoms with Crippen molar-refractivity contribution in [3.05, 3.63) is 24.3 Å². The zero-order valence-electron chi connectivity index (χ0n) is 18.3. The first-order valence-corrected chi connectivity index (χ1v) is 10.6. The molecule has 2 aliphatic rings. The van der Waals surface area contributed by atoms with Crippen LogP contribution in [0.1, 0.15) is 40.5 Å². The molecule has 1 saturated heterocycles. The van der Waals surface area contributed by atoms with Crippen LogP contribution in [0.15, 0.2) is 24.3 Å². The number of hydrogen-bond donors (Lipinski definition) is 2. The van der Waals surface area contributed by atoms with E-state index in [-0.39, 0.29) is 18.1 Å². The van der Waals surface area contributed by atoms with Crippen molar-refractivity contribution >= 4 is 12.0 Å². The second kappa shape index (κ2) is 9.12. The molecule has 2 aliphatic heterocycles. The van der Waals surface area contributed by atoms with Gasteiger partial charge in [0.2, 0.25) is 5.91 Å². The highest BCUT2D eigenvalue weighted by molar-refractivity contribution is 5.85. The third-order valence-corrected chi connectivity index (χ3v) is 5.58. The molecule has 0 spiro atoms. The van der Waals surface area contributed by atoms with E-state index in [1.807, 2.05) is 24.3 Å². The van der Waals surface area contributed by atoms with Crippen LogP contribution in [0.3, 0.4) is 0 Å². The molecule has 8 heteroatoms. The average Bonchev–Trinajstić information content (AvgIpc) is 2.66. The largest absolute Gasteiger partial charge is 0.486 e. The third-order valence-electron chi connectivity index (χ3n) is 5.58. The molecule has 30 heavy (non-hydrogen) atoms. The van der Waals surface area contributed by atoms with Gasteiger partial charge in [-0.15, -0.1) is 0 Å². The molecule has 0 aliphatic carbocycles. The van der Waals surface area contributed by atoms with E-state index in [0.717, 1.165) is 37.4 Å². The summed E-state index contributed by atoms with van der Waals surface area (Å²) in [6, 6.07) is 6.89. The molecule has 3 atom stereocenters. The molecule has 0 radical (unpaired) electrons. The van der Waals surface area contributed by atoms with Gasteiger partial charge in [-0.1, -0.05) is 12.1 Å². The fourth-order valence-corrected chi connectivity index (χ4v) is 4.25. The van der Waals surface area contributed by atoms with Gasteiger partial charge < -0.3 is 19.9 Å². The third kappa shape index (κ3) is 5.36. The van der Waals surface area contributed by atoms with Crippen molar-refractivity contribution in [2.75, 3.05) is 26.2 Å². The van der Waals surface area contributed by atoms with Crippen LogP contribution in [-0.2, 0) is 4.79 Å². The van der Waals surface area contributed by atoms with Gasteiger partial charge in [0.1, 0.15) is 18.8 Å².